The number of sulfonamides is 1. The third-order valence-electron chi connectivity index (χ3n) is 7.17. The molecule has 0 saturated carbocycles. The molecule has 3 atom stereocenters. The van der Waals surface area contributed by atoms with E-state index in [4.69, 9.17) is 16.3 Å². The van der Waals surface area contributed by atoms with Gasteiger partial charge in [0, 0.05) is 42.2 Å². The van der Waals surface area contributed by atoms with Crippen molar-refractivity contribution in [3.8, 4) is 5.75 Å². The number of nitrogens with zero attached hydrogens (tertiary/aromatic N) is 3. The highest BCUT2D eigenvalue weighted by molar-refractivity contribution is 7.89. The molecule has 10 nitrogen and oxygen atoms in total. The molecule has 1 heterocycles. The number of amides is 2. The third-order valence-corrected chi connectivity index (χ3v) is 9.26. The van der Waals surface area contributed by atoms with Crippen molar-refractivity contribution in [1.82, 2.24) is 14.1 Å². The number of aliphatic hydroxyl groups is 1. The molecule has 1 aliphatic heterocycles. The summed E-state index contributed by atoms with van der Waals surface area (Å²) in [7, 11) is 1.55. The average Bonchev–Trinajstić information content (AvgIpc) is 2.95. The molecular formula is C29H41ClN4O6S. The summed E-state index contributed by atoms with van der Waals surface area (Å²) < 4.78 is 34.3. The lowest BCUT2D eigenvalue weighted by molar-refractivity contribution is -0.134. The summed E-state index contributed by atoms with van der Waals surface area (Å²) in [5.74, 6) is -0.159. The molecule has 2 aromatic rings. The van der Waals surface area contributed by atoms with Gasteiger partial charge >= 0.3 is 0 Å². The third kappa shape index (κ3) is 8.89. The Hall–Kier alpha value is -2.70. The second-order valence-electron chi connectivity index (χ2n) is 10.9. The molecule has 2 aromatic carbocycles. The number of fused-ring (bicyclic) bond motifs is 1. The first-order valence-corrected chi connectivity index (χ1v) is 15.5. The molecule has 2 N–H and O–H groups in total. The van der Waals surface area contributed by atoms with Gasteiger partial charge in [-0.25, -0.2) is 8.42 Å². The lowest BCUT2D eigenvalue weighted by Gasteiger charge is -2.33. The van der Waals surface area contributed by atoms with E-state index in [1.54, 1.807) is 30.0 Å². The van der Waals surface area contributed by atoms with Crippen molar-refractivity contribution in [2.45, 2.75) is 50.2 Å². The fourth-order valence-electron chi connectivity index (χ4n) is 4.64. The van der Waals surface area contributed by atoms with Gasteiger partial charge in [-0.15, -0.1) is 0 Å². The van der Waals surface area contributed by atoms with Crippen LogP contribution in [-0.2, 0) is 26.0 Å². The molecule has 0 bridgehead atoms. The van der Waals surface area contributed by atoms with E-state index in [-0.39, 0.29) is 48.7 Å². The molecule has 0 radical (unpaired) electrons. The van der Waals surface area contributed by atoms with Crippen LogP contribution >= 0.6 is 11.6 Å². The zero-order chi connectivity index (χ0) is 30.3. The van der Waals surface area contributed by atoms with Crippen LogP contribution in [0.1, 0.15) is 32.3 Å². The summed E-state index contributed by atoms with van der Waals surface area (Å²) in [5.41, 5.74) is 1.11. The molecule has 2 amide bonds. The van der Waals surface area contributed by atoms with Crippen LogP contribution in [-0.4, -0.2) is 99.0 Å². The number of benzene rings is 2. The Labute approximate surface area is 248 Å². The standard InChI is InChI=1S/C29H41ClN4O6S/c1-20-17-34(21(2)19-35)29(37)16-22-15-24(31-28(36)7-6-14-32(3)4)10-13-26(22)40-27(20)18-33(5)41(38,39)25-11-8-23(30)9-12-25/h8-13,15,20-21,27,35H,6-7,14,16-19H2,1-5H3,(H,31,36)/t20-,21+,27-/m1/s1. The van der Waals surface area contributed by atoms with E-state index < -0.39 is 22.2 Å². The Kier molecular flexibility index (Phi) is 11.6. The van der Waals surface area contributed by atoms with Crippen LogP contribution < -0.4 is 10.1 Å². The maximum absolute atomic E-state index is 13.4. The highest BCUT2D eigenvalue weighted by Crippen LogP contribution is 2.30. The smallest absolute Gasteiger partial charge is 0.242 e. The van der Waals surface area contributed by atoms with Gasteiger partial charge in [0.15, 0.2) is 0 Å². The molecule has 0 spiro atoms. The number of rotatable bonds is 11. The summed E-state index contributed by atoms with van der Waals surface area (Å²) in [6.07, 6.45) is 0.459. The first-order valence-electron chi connectivity index (χ1n) is 13.7. The maximum atomic E-state index is 13.4. The van der Waals surface area contributed by atoms with Crippen LogP contribution in [0.3, 0.4) is 0 Å². The lowest BCUT2D eigenvalue weighted by atomic mass is 10.0. The molecule has 12 heteroatoms. The second-order valence-corrected chi connectivity index (χ2v) is 13.4. The molecule has 0 unspecified atom stereocenters. The predicted octanol–water partition coefficient (Wildman–Crippen LogP) is 3.09. The van der Waals surface area contributed by atoms with E-state index in [1.807, 2.05) is 25.9 Å². The van der Waals surface area contributed by atoms with Crippen molar-refractivity contribution in [1.29, 1.82) is 0 Å². The molecule has 1 aliphatic rings. The van der Waals surface area contributed by atoms with E-state index in [2.05, 4.69) is 5.32 Å². The Morgan fingerprint density at radius 1 is 1.20 bits per heavy atom. The minimum absolute atomic E-state index is 0.00235. The fraction of sp³-hybridized carbons (Fsp3) is 0.517. The van der Waals surface area contributed by atoms with Gasteiger partial charge in [0.05, 0.1) is 30.5 Å². The van der Waals surface area contributed by atoms with Crippen LogP contribution in [0.25, 0.3) is 0 Å². The first-order chi connectivity index (χ1) is 19.3. The molecule has 41 heavy (non-hydrogen) atoms. The van der Waals surface area contributed by atoms with E-state index >= 15 is 0 Å². The normalized spacial score (nSPS) is 18.8. The minimum atomic E-state index is -3.84. The van der Waals surface area contributed by atoms with Crippen LogP contribution in [0.2, 0.25) is 5.02 Å². The quantitative estimate of drug-likeness (QED) is 0.402. The minimum Gasteiger partial charge on any atom is -0.488 e. The zero-order valence-electron chi connectivity index (χ0n) is 24.3. The summed E-state index contributed by atoms with van der Waals surface area (Å²) >= 11 is 5.95. The van der Waals surface area contributed by atoms with Gasteiger partial charge in [-0.1, -0.05) is 18.5 Å². The number of carbonyl (C=O) groups excluding carboxylic acids is 2. The van der Waals surface area contributed by atoms with Crippen molar-refractivity contribution < 1.29 is 27.9 Å². The second kappa shape index (κ2) is 14.5. The van der Waals surface area contributed by atoms with Crippen molar-refractivity contribution in [3.05, 3.63) is 53.1 Å². The highest BCUT2D eigenvalue weighted by Gasteiger charge is 2.33. The van der Waals surface area contributed by atoms with Gasteiger partial charge in [-0.2, -0.15) is 4.31 Å². The number of hydrogen-bond acceptors (Lipinski definition) is 7. The average molecular weight is 609 g/mol. The van der Waals surface area contributed by atoms with E-state index in [1.165, 1.54) is 35.6 Å². The zero-order valence-corrected chi connectivity index (χ0v) is 25.9. The molecule has 0 saturated heterocycles. The van der Waals surface area contributed by atoms with Gasteiger partial charge in [-0.05, 0) is 76.4 Å². The van der Waals surface area contributed by atoms with Gasteiger partial charge in [0.2, 0.25) is 21.8 Å². The Balaban J connectivity index is 1.90. The highest BCUT2D eigenvalue weighted by atomic mass is 35.5. The molecular weight excluding hydrogens is 568 g/mol. The number of carbonyl (C=O) groups is 2. The summed E-state index contributed by atoms with van der Waals surface area (Å²) in [6.45, 7) is 4.52. The SMILES string of the molecule is C[C@@H]1CN([C@@H](C)CO)C(=O)Cc2cc(NC(=O)CCCN(C)C)ccc2O[C@@H]1CN(C)S(=O)(=O)c1ccc(Cl)cc1. The van der Waals surface area contributed by atoms with Crippen molar-refractivity contribution in [3.63, 3.8) is 0 Å². The molecule has 0 aliphatic carbocycles. The van der Waals surface area contributed by atoms with E-state index in [9.17, 15) is 23.1 Å². The molecule has 226 valence electrons. The Morgan fingerprint density at radius 2 is 1.88 bits per heavy atom. The summed E-state index contributed by atoms with van der Waals surface area (Å²) in [4.78, 5) is 29.6. The largest absolute Gasteiger partial charge is 0.488 e. The van der Waals surface area contributed by atoms with Gasteiger partial charge in [0.1, 0.15) is 11.9 Å². The number of aliphatic hydroxyl groups excluding tert-OH is 1. The Morgan fingerprint density at radius 3 is 2.51 bits per heavy atom. The Bertz CT molecular complexity index is 1300. The van der Waals surface area contributed by atoms with Crippen LogP contribution in [0.15, 0.2) is 47.4 Å². The number of nitrogens with one attached hydrogen (secondary N) is 1. The maximum Gasteiger partial charge on any atom is 0.242 e. The number of halogens is 1. The number of ether oxygens (including phenoxy) is 1. The summed E-state index contributed by atoms with van der Waals surface area (Å²) in [6, 6.07) is 10.7. The van der Waals surface area contributed by atoms with Gasteiger partial charge in [0.25, 0.3) is 0 Å². The topological polar surface area (TPSA) is 119 Å². The molecule has 0 fully saturated rings. The molecule has 0 aromatic heterocycles. The van der Waals surface area contributed by atoms with Gasteiger partial charge < -0.3 is 25.0 Å². The first kappa shape index (κ1) is 32.8. The van der Waals surface area contributed by atoms with Crippen LogP contribution in [0, 0.1) is 5.92 Å². The number of likely N-dealkylation sites (N-methyl/N-ethyl adjacent to an activating group) is 1. The van der Waals surface area contributed by atoms with Crippen LogP contribution in [0.5, 0.6) is 5.75 Å². The van der Waals surface area contributed by atoms with E-state index in [0.29, 0.717) is 34.9 Å². The number of anilines is 1. The van der Waals surface area contributed by atoms with Gasteiger partial charge in [-0.3, -0.25) is 9.59 Å². The van der Waals surface area contributed by atoms with Crippen molar-refractivity contribution in [2.75, 3.05) is 52.7 Å². The molecule has 3 rings (SSSR count). The van der Waals surface area contributed by atoms with E-state index in [0.717, 1.165) is 6.54 Å². The fourth-order valence-corrected chi connectivity index (χ4v) is 5.95. The van der Waals surface area contributed by atoms with Crippen molar-refractivity contribution >= 4 is 39.1 Å². The lowest BCUT2D eigenvalue weighted by Crippen LogP contribution is -2.48. The summed E-state index contributed by atoms with van der Waals surface area (Å²) in [5, 5.41) is 13.2. The number of hydrogen-bond donors (Lipinski definition) is 2. The monoisotopic (exact) mass is 608 g/mol. The predicted molar refractivity (Wildman–Crippen MR) is 160 cm³/mol. The van der Waals surface area contributed by atoms with Crippen LogP contribution in [0.4, 0.5) is 5.69 Å². The van der Waals surface area contributed by atoms with Crippen molar-refractivity contribution in [2.24, 2.45) is 5.92 Å².